The second kappa shape index (κ2) is 4.82. The van der Waals surface area contributed by atoms with E-state index in [9.17, 15) is 5.11 Å². The molecule has 0 saturated carbocycles. The third-order valence-corrected chi connectivity index (χ3v) is 3.61. The Kier molecular flexibility index (Phi) is 3.02. The Labute approximate surface area is 116 Å². The lowest BCUT2D eigenvalue weighted by Gasteiger charge is -1.90. The third-order valence-electron chi connectivity index (χ3n) is 2.44. The average Bonchev–Trinajstić information content (AvgIpc) is 3.01. The predicted octanol–water partition coefficient (Wildman–Crippen LogP) is 2.24. The van der Waals surface area contributed by atoms with Crippen molar-refractivity contribution in [3.63, 3.8) is 0 Å². The van der Waals surface area contributed by atoms with Crippen LogP contribution in [0.2, 0.25) is 0 Å². The van der Waals surface area contributed by atoms with E-state index in [-0.39, 0.29) is 5.88 Å². The van der Waals surface area contributed by atoms with E-state index < -0.39 is 0 Å². The monoisotopic (exact) mass is 289 g/mol. The zero-order chi connectivity index (χ0) is 13.2. The molecule has 0 spiro atoms. The minimum Gasteiger partial charge on any atom is -0.494 e. The lowest BCUT2D eigenvalue weighted by atomic mass is 10.2. The maximum absolute atomic E-state index is 9.62. The van der Waals surface area contributed by atoms with Crippen LogP contribution in [-0.2, 0) is 0 Å². The molecule has 1 aliphatic heterocycles. The molecule has 0 fully saturated rings. The summed E-state index contributed by atoms with van der Waals surface area (Å²) in [7, 11) is 0. The van der Waals surface area contributed by atoms with Crippen molar-refractivity contribution in [2.24, 2.45) is 20.7 Å². The first-order chi connectivity index (χ1) is 9.22. The van der Waals surface area contributed by atoms with Crippen molar-refractivity contribution in [3.8, 4) is 5.88 Å². The van der Waals surface area contributed by atoms with E-state index in [2.05, 4.69) is 25.7 Å². The molecule has 0 amide bonds. The number of benzene rings is 1. The number of rotatable bonds is 1. The molecule has 3 rings (SSSR count). The van der Waals surface area contributed by atoms with E-state index in [4.69, 9.17) is 12.2 Å². The van der Waals surface area contributed by atoms with Crippen molar-refractivity contribution in [2.75, 3.05) is 0 Å². The highest BCUT2D eigenvalue weighted by atomic mass is 32.1. The lowest BCUT2D eigenvalue weighted by molar-refractivity contribution is 0.456. The Bertz CT molecular complexity index is 824. The van der Waals surface area contributed by atoms with E-state index in [1.807, 2.05) is 30.3 Å². The normalized spacial score (nSPS) is 13.2. The van der Waals surface area contributed by atoms with Gasteiger partial charge in [0.2, 0.25) is 11.7 Å². The minimum absolute atomic E-state index is 0.0897. The van der Waals surface area contributed by atoms with Crippen molar-refractivity contribution in [3.05, 3.63) is 43.5 Å². The van der Waals surface area contributed by atoms with Gasteiger partial charge < -0.3 is 10.1 Å². The van der Waals surface area contributed by atoms with Gasteiger partial charge in [0.05, 0.1) is 4.88 Å². The van der Waals surface area contributed by atoms with Gasteiger partial charge in [0.25, 0.3) is 0 Å². The molecule has 0 radical (unpaired) electrons. The Morgan fingerprint density at radius 3 is 2.42 bits per heavy atom. The Morgan fingerprint density at radius 1 is 1.16 bits per heavy atom. The first-order valence-corrected chi connectivity index (χ1v) is 6.51. The maximum Gasteiger partial charge on any atom is 0.207 e. The third kappa shape index (κ3) is 2.49. The molecule has 8 heteroatoms. The molecule has 1 aromatic carbocycles. The van der Waals surface area contributed by atoms with Gasteiger partial charge in [-0.25, -0.2) is 0 Å². The van der Waals surface area contributed by atoms with Crippen molar-refractivity contribution >= 4 is 35.5 Å². The van der Waals surface area contributed by atoms with Crippen LogP contribution in [0.5, 0.6) is 5.88 Å². The molecule has 0 bridgehead atoms. The number of aromatic amines is 1. The minimum atomic E-state index is 0.0897. The van der Waals surface area contributed by atoms with Gasteiger partial charge in [-0.2, -0.15) is 0 Å². The first-order valence-electron chi connectivity index (χ1n) is 5.28. The summed E-state index contributed by atoms with van der Waals surface area (Å²) >= 11 is 6.28. The summed E-state index contributed by atoms with van der Waals surface area (Å²) in [5.41, 5.74) is 0. The number of hydrogen-bond donors (Lipinski definition) is 2. The molecule has 2 aromatic rings. The largest absolute Gasteiger partial charge is 0.494 e. The summed E-state index contributed by atoms with van der Waals surface area (Å²) in [4.78, 5) is 3.38. The van der Waals surface area contributed by atoms with Crippen molar-refractivity contribution in [1.82, 2.24) is 4.98 Å². The van der Waals surface area contributed by atoms with Gasteiger partial charge in [0.1, 0.15) is 0 Å². The quantitative estimate of drug-likeness (QED) is 0.789. The van der Waals surface area contributed by atoms with E-state index in [1.54, 1.807) is 0 Å². The molecule has 1 aromatic heterocycles. The van der Waals surface area contributed by atoms with Gasteiger partial charge in [0, 0.05) is 5.22 Å². The van der Waals surface area contributed by atoms with E-state index in [0.29, 0.717) is 14.7 Å². The van der Waals surface area contributed by atoms with Gasteiger partial charge in [-0.05, 0) is 34.0 Å². The highest BCUT2D eigenvalue weighted by molar-refractivity contribution is 7.73. The Morgan fingerprint density at radius 2 is 1.84 bits per heavy atom. The summed E-state index contributed by atoms with van der Waals surface area (Å²) in [6.45, 7) is 0. The second-order valence-electron chi connectivity index (χ2n) is 3.70. The fourth-order valence-electron chi connectivity index (χ4n) is 1.57. The second-order valence-corrected chi connectivity index (χ2v) is 5.42. The van der Waals surface area contributed by atoms with Gasteiger partial charge >= 0.3 is 0 Å². The van der Waals surface area contributed by atoms with Crippen molar-refractivity contribution < 1.29 is 5.11 Å². The molecule has 1 aliphatic rings. The zero-order valence-electron chi connectivity index (χ0n) is 9.44. The number of aromatic nitrogens is 1. The summed E-state index contributed by atoms with van der Waals surface area (Å²) in [6.07, 6.45) is 1.85. The summed E-state index contributed by atoms with van der Waals surface area (Å²) in [6, 6.07) is 7.53. The zero-order valence-corrected chi connectivity index (χ0v) is 11.1. The summed E-state index contributed by atoms with van der Waals surface area (Å²) in [5, 5.41) is 25.8. The van der Waals surface area contributed by atoms with Crippen LogP contribution >= 0.6 is 23.6 Å². The lowest BCUT2D eigenvalue weighted by Crippen LogP contribution is -2.08. The fraction of sp³-hybridized carbons (Fsp3) is 0. The van der Waals surface area contributed by atoms with Gasteiger partial charge in [-0.1, -0.05) is 24.3 Å². The predicted molar refractivity (Wildman–Crippen MR) is 73.5 cm³/mol. The van der Waals surface area contributed by atoms with E-state index in [1.165, 1.54) is 11.3 Å². The molecule has 94 valence electrons. The van der Waals surface area contributed by atoms with E-state index >= 15 is 0 Å². The van der Waals surface area contributed by atoms with Crippen LogP contribution in [0.1, 0.15) is 4.88 Å². The first kappa shape index (κ1) is 11.9. The van der Waals surface area contributed by atoms with Crippen LogP contribution in [0.25, 0.3) is 11.9 Å². The smallest absolute Gasteiger partial charge is 0.207 e. The Hall–Kier alpha value is -2.19. The van der Waals surface area contributed by atoms with E-state index in [0.717, 1.165) is 10.4 Å². The highest BCUT2D eigenvalue weighted by Crippen LogP contribution is 2.21. The number of hydrogen-bond acceptors (Lipinski definition) is 7. The van der Waals surface area contributed by atoms with Crippen molar-refractivity contribution in [2.45, 2.75) is 0 Å². The van der Waals surface area contributed by atoms with Crippen LogP contribution in [0.4, 0.5) is 0 Å². The molecular weight excluding hydrogens is 282 g/mol. The molecule has 6 nitrogen and oxygen atoms in total. The Balaban J connectivity index is 2.06. The molecule has 2 heterocycles. The number of aromatic hydroxyl groups is 1. The molecule has 0 unspecified atom stereocenters. The molecule has 0 saturated heterocycles. The van der Waals surface area contributed by atoms with Crippen LogP contribution < -0.4 is 10.4 Å². The maximum atomic E-state index is 9.62. The average molecular weight is 289 g/mol. The topological polar surface area (TPSA) is 85.5 Å². The molecule has 2 N–H and O–H groups in total. The number of nitrogens with zero attached hydrogens (tertiary/aromatic N) is 4. The van der Waals surface area contributed by atoms with Gasteiger partial charge in [-0.15, -0.1) is 21.6 Å². The van der Waals surface area contributed by atoms with Gasteiger partial charge in [-0.3, -0.25) is 0 Å². The molecule has 0 aliphatic carbocycles. The van der Waals surface area contributed by atoms with Gasteiger partial charge in [0.15, 0.2) is 3.95 Å². The number of thiazole rings is 1. The van der Waals surface area contributed by atoms with Crippen LogP contribution in [0.15, 0.2) is 44.9 Å². The van der Waals surface area contributed by atoms with Crippen LogP contribution in [-0.4, -0.2) is 10.1 Å². The number of nitrogens with one attached hydrogen (secondary N) is 1. The van der Waals surface area contributed by atoms with Crippen molar-refractivity contribution in [1.29, 1.82) is 0 Å². The van der Waals surface area contributed by atoms with Crippen LogP contribution in [0, 0.1) is 3.95 Å². The molecular formula is C11H7N5OS2. The number of H-pyrrole nitrogens is 1. The summed E-state index contributed by atoms with van der Waals surface area (Å²) < 4.78 is 0.544. The molecule has 19 heavy (non-hydrogen) atoms. The highest BCUT2D eigenvalue weighted by Gasteiger charge is 2.01. The fourth-order valence-corrected chi connectivity index (χ4v) is 2.63. The SMILES string of the molecule is Oc1[nH]c(=S)sc1C=c1ccc(=C2N=NN=N2)cc1. The standard InChI is InChI=1S/C11H7N5OS2/c17-10-8(19-11(18)12-10)5-6-1-3-7(4-2-6)9-13-15-16-14-9/h1-5,17H,(H,12,18). The van der Waals surface area contributed by atoms with Crippen LogP contribution in [0.3, 0.4) is 0 Å². The summed E-state index contributed by atoms with van der Waals surface area (Å²) in [5.74, 6) is 0.582. The molecule has 0 atom stereocenters.